The molecule has 1 saturated heterocycles. The summed E-state index contributed by atoms with van der Waals surface area (Å²) in [6, 6.07) is 20.2. The van der Waals surface area contributed by atoms with Crippen molar-refractivity contribution in [1.29, 1.82) is 0 Å². The number of rotatable bonds is 4. The molecule has 6 heteroatoms. The molecule has 0 aliphatic carbocycles. The summed E-state index contributed by atoms with van der Waals surface area (Å²) < 4.78 is 0. The monoisotopic (exact) mass is 387 g/mol. The largest absolute Gasteiger partial charge is 0.508 e. The third-order valence-electron chi connectivity index (χ3n) is 4.13. The standard InChI is InChI=1S/C22H17N3O2S/c26-19-8-4-5-17(13-19)14-20-21(27)25(15-16-9-11-23-12-10-16)22(28-20)24-18-6-2-1-3-7-18/h1-14,26H,15H2/b20-14+,24-22?. The molecule has 3 aromatic rings. The summed E-state index contributed by atoms with van der Waals surface area (Å²) >= 11 is 1.33. The van der Waals surface area contributed by atoms with E-state index in [1.54, 1.807) is 41.6 Å². The van der Waals surface area contributed by atoms with Crippen molar-refractivity contribution in [2.75, 3.05) is 0 Å². The molecule has 1 aliphatic rings. The van der Waals surface area contributed by atoms with Gasteiger partial charge >= 0.3 is 0 Å². The summed E-state index contributed by atoms with van der Waals surface area (Å²) in [5.41, 5.74) is 2.53. The van der Waals surface area contributed by atoms with Crippen LogP contribution in [0.25, 0.3) is 6.08 Å². The maximum atomic E-state index is 13.1. The van der Waals surface area contributed by atoms with Crippen LogP contribution in [0.4, 0.5) is 5.69 Å². The van der Waals surface area contributed by atoms with E-state index in [-0.39, 0.29) is 11.7 Å². The number of phenolic OH excluding ortho intramolecular Hbond substituents is 1. The van der Waals surface area contributed by atoms with Crippen LogP contribution in [0.15, 0.2) is 89.0 Å². The Morgan fingerprint density at radius 1 is 1.04 bits per heavy atom. The number of hydrogen-bond donors (Lipinski definition) is 1. The number of aromatic nitrogens is 1. The van der Waals surface area contributed by atoms with Crippen molar-refractivity contribution >= 4 is 34.6 Å². The summed E-state index contributed by atoms with van der Waals surface area (Å²) in [5, 5.41) is 10.3. The molecule has 4 rings (SSSR count). The summed E-state index contributed by atoms with van der Waals surface area (Å²) in [4.78, 5) is 24.0. The molecule has 0 bridgehead atoms. The van der Waals surface area contributed by atoms with Gasteiger partial charge in [-0.05, 0) is 65.4 Å². The number of hydrogen-bond acceptors (Lipinski definition) is 5. The molecule has 0 unspecified atom stereocenters. The Morgan fingerprint density at radius 3 is 2.57 bits per heavy atom. The Morgan fingerprint density at radius 2 is 1.82 bits per heavy atom. The van der Waals surface area contributed by atoms with Gasteiger partial charge in [-0.15, -0.1) is 0 Å². The Bertz CT molecular complexity index is 1050. The molecule has 1 N–H and O–H groups in total. The van der Waals surface area contributed by atoms with Gasteiger partial charge in [0.15, 0.2) is 5.17 Å². The first kappa shape index (κ1) is 18.0. The highest BCUT2D eigenvalue weighted by atomic mass is 32.2. The van der Waals surface area contributed by atoms with Crippen molar-refractivity contribution in [3.8, 4) is 5.75 Å². The van der Waals surface area contributed by atoms with Gasteiger partial charge < -0.3 is 5.11 Å². The minimum absolute atomic E-state index is 0.111. The molecule has 2 aromatic carbocycles. The van der Waals surface area contributed by atoms with Crippen molar-refractivity contribution in [2.24, 2.45) is 4.99 Å². The molecule has 28 heavy (non-hydrogen) atoms. The van der Waals surface area contributed by atoms with Crippen molar-refractivity contribution in [2.45, 2.75) is 6.54 Å². The number of benzene rings is 2. The Labute approximate surface area is 167 Å². The molecule has 1 fully saturated rings. The van der Waals surface area contributed by atoms with Crippen molar-refractivity contribution < 1.29 is 9.90 Å². The molecule has 0 spiro atoms. The molecule has 138 valence electrons. The van der Waals surface area contributed by atoms with Crippen LogP contribution >= 0.6 is 11.8 Å². The lowest BCUT2D eigenvalue weighted by molar-refractivity contribution is -0.122. The Balaban J connectivity index is 1.70. The second-order valence-electron chi connectivity index (χ2n) is 6.18. The summed E-state index contributed by atoms with van der Waals surface area (Å²) in [7, 11) is 0. The lowest BCUT2D eigenvalue weighted by Gasteiger charge is -2.15. The normalized spacial score (nSPS) is 16.9. The van der Waals surface area contributed by atoms with Crippen LogP contribution in [0.3, 0.4) is 0 Å². The van der Waals surface area contributed by atoms with Crippen LogP contribution in [0.5, 0.6) is 5.75 Å². The maximum absolute atomic E-state index is 13.1. The third kappa shape index (κ3) is 4.13. The van der Waals surface area contributed by atoms with Crippen LogP contribution in [0, 0.1) is 0 Å². The minimum Gasteiger partial charge on any atom is -0.508 e. The van der Waals surface area contributed by atoms with Crippen molar-refractivity contribution in [3.05, 3.63) is 95.2 Å². The van der Waals surface area contributed by atoms with Crippen LogP contribution in [0.2, 0.25) is 0 Å². The summed E-state index contributed by atoms with van der Waals surface area (Å²) in [6.07, 6.45) is 5.20. The van der Waals surface area contributed by atoms with Gasteiger partial charge in [-0.3, -0.25) is 14.7 Å². The highest BCUT2D eigenvalue weighted by Crippen LogP contribution is 2.35. The van der Waals surface area contributed by atoms with Gasteiger partial charge in [-0.25, -0.2) is 4.99 Å². The highest BCUT2D eigenvalue weighted by molar-refractivity contribution is 8.18. The topological polar surface area (TPSA) is 65.8 Å². The number of nitrogens with zero attached hydrogens (tertiary/aromatic N) is 3. The number of carbonyl (C=O) groups is 1. The quantitative estimate of drug-likeness (QED) is 0.665. The number of aromatic hydroxyl groups is 1. The smallest absolute Gasteiger partial charge is 0.267 e. The Kier molecular flexibility index (Phi) is 5.21. The fraction of sp³-hybridized carbons (Fsp3) is 0.0455. The second-order valence-corrected chi connectivity index (χ2v) is 7.19. The van der Waals surface area contributed by atoms with E-state index in [2.05, 4.69) is 9.98 Å². The zero-order valence-corrected chi connectivity index (χ0v) is 15.7. The number of amidine groups is 1. The summed E-state index contributed by atoms with van der Waals surface area (Å²) in [5.74, 6) is 0.0523. The molecule has 2 heterocycles. The third-order valence-corrected chi connectivity index (χ3v) is 5.13. The molecule has 1 amide bonds. The maximum Gasteiger partial charge on any atom is 0.267 e. The predicted molar refractivity (Wildman–Crippen MR) is 112 cm³/mol. The van der Waals surface area contributed by atoms with Crippen LogP contribution in [-0.4, -0.2) is 26.1 Å². The molecule has 0 radical (unpaired) electrons. The van der Waals surface area contributed by atoms with E-state index >= 15 is 0 Å². The van der Waals surface area contributed by atoms with E-state index in [1.165, 1.54) is 11.8 Å². The average Bonchev–Trinajstić information content (AvgIpc) is 2.98. The highest BCUT2D eigenvalue weighted by Gasteiger charge is 2.33. The number of amides is 1. The molecule has 0 saturated carbocycles. The van der Waals surface area contributed by atoms with Gasteiger partial charge in [0, 0.05) is 12.4 Å². The lowest BCUT2D eigenvalue weighted by atomic mass is 10.2. The molecular weight excluding hydrogens is 370 g/mol. The molecule has 1 aliphatic heterocycles. The number of carbonyl (C=O) groups excluding carboxylic acids is 1. The van der Waals surface area contributed by atoms with Crippen LogP contribution < -0.4 is 0 Å². The number of pyridine rings is 1. The lowest BCUT2D eigenvalue weighted by Crippen LogP contribution is -2.28. The zero-order valence-electron chi connectivity index (χ0n) is 14.9. The van der Waals surface area contributed by atoms with Gasteiger partial charge in [-0.1, -0.05) is 30.3 Å². The van der Waals surface area contributed by atoms with Gasteiger partial charge in [0.2, 0.25) is 0 Å². The zero-order chi connectivity index (χ0) is 19.3. The van der Waals surface area contributed by atoms with Gasteiger partial charge in [0.25, 0.3) is 5.91 Å². The average molecular weight is 387 g/mol. The first-order valence-corrected chi connectivity index (χ1v) is 9.54. The molecule has 5 nitrogen and oxygen atoms in total. The molecule has 1 aromatic heterocycles. The van der Waals surface area contributed by atoms with E-state index in [9.17, 15) is 9.90 Å². The predicted octanol–water partition coefficient (Wildman–Crippen LogP) is 4.59. The van der Waals surface area contributed by atoms with Gasteiger partial charge in [-0.2, -0.15) is 0 Å². The van der Waals surface area contributed by atoms with E-state index in [1.807, 2.05) is 48.5 Å². The van der Waals surface area contributed by atoms with Gasteiger partial charge in [0.05, 0.1) is 17.1 Å². The van der Waals surface area contributed by atoms with E-state index < -0.39 is 0 Å². The number of phenols is 1. The first-order valence-electron chi connectivity index (χ1n) is 8.72. The summed E-state index contributed by atoms with van der Waals surface area (Å²) in [6.45, 7) is 0.414. The van der Waals surface area contributed by atoms with Gasteiger partial charge in [0.1, 0.15) is 5.75 Å². The fourth-order valence-electron chi connectivity index (χ4n) is 2.78. The van der Waals surface area contributed by atoms with Crippen LogP contribution in [-0.2, 0) is 11.3 Å². The number of thioether (sulfide) groups is 1. The molecular formula is C22H17N3O2S. The van der Waals surface area contributed by atoms with E-state index in [0.717, 1.165) is 16.8 Å². The van der Waals surface area contributed by atoms with Crippen molar-refractivity contribution in [3.63, 3.8) is 0 Å². The Hall–Kier alpha value is -3.38. The molecule has 0 atom stereocenters. The first-order chi connectivity index (χ1) is 13.7. The SMILES string of the molecule is O=C1/C(=C\c2cccc(O)c2)SC(=Nc2ccccc2)N1Cc1ccncc1. The van der Waals surface area contributed by atoms with Crippen molar-refractivity contribution in [1.82, 2.24) is 9.88 Å². The number of aliphatic imine (C=N–C) groups is 1. The second kappa shape index (κ2) is 8.10. The fourth-order valence-corrected chi connectivity index (χ4v) is 3.78. The van der Waals surface area contributed by atoms with Crippen LogP contribution in [0.1, 0.15) is 11.1 Å². The minimum atomic E-state index is -0.111. The van der Waals surface area contributed by atoms with E-state index in [0.29, 0.717) is 16.6 Å². The van der Waals surface area contributed by atoms with E-state index in [4.69, 9.17) is 0 Å². The number of para-hydroxylation sites is 1.